The summed E-state index contributed by atoms with van der Waals surface area (Å²) in [5.41, 5.74) is 2.13. The molecule has 14 atom stereocenters. The molecular formula is C51H90O7. The lowest BCUT2D eigenvalue weighted by Crippen LogP contribution is -2.60. The van der Waals surface area contributed by atoms with Crippen LogP contribution in [0.5, 0.6) is 0 Å². The zero-order valence-electron chi connectivity index (χ0n) is 38.4. The molecule has 1 saturated heterocycles. The van der Waals surface area contributed by atoms with E-state index in [9.17, 15) is 20.1 Å². The van der Waals surface area contributed by atoms with Gasteiger partial charge >= 0.3 is 5.97 Å². The Hall–Kier alpha value is -0.990. The quantitative estimate of drug-likeness (QED) is 0.0506. The summed E-state index contributed by atoms with van der Waals surface area (Å²) in [5.74, 6) is 5.24. The fraction of sp³-hybridized carbons (Fsp3) is 0.941. The minimum atomic E-state index is -1.44. The summed E-state index contributed by atoms with van der Waals surface area (Å²) in [6.07, 6.45) is 26.1. The van der Waals surface area contributed by atoms with Crippen molar-refractivity contribution < 1.29 is 34.3 Å². The molecule has 0 aromatic rings. The average Bonchev–Trinajstić information content (AvgIpc) is 3.56. The Bertz CT molecular complexity index is 1250. The standard InChI is InChI=1S/C51H90O7/c1-8-10-11-12-13-14-15-16-17-18-19-20-21-22-45(52)56-34-44-46(53)47(54)48(55)49(58-44)57-39-29-31-50(6)38(33-39)25-26-40-42-28-27-41(51(42,7)32-30-43(40)50)36(5)23-24-37(9-2)35(3)4/h25,35-37,39-44,46-49,53-55H,8-24,26-34H2,1-7H3/t36-,37+,39+,40-,41+,42-,43+,44+,46+,47-,48+,49+,50+,51-/m1/s1. The summed E-state index contributed by atoms with van der Waals surface area (Å²) < 4.78 is 18.0. The van der Waals surface area contributed by atoms with E-state index in [0.717, 1.165) is 80.5 Å². The third-order valence-electron chi connectivity index (χ3n) is 17.2. The van der Waals surface area contributed by atoms with Crippen LogP contribution in [0, 0.1) is 52.3 Å². The predicted octanol–water partition coefficient (Wildman–Crippen LogP) is 11.9. The van der Waals surface area contributed by atoms with Crippen LogP contribution in [0.4, 0.5) is 0 Å². The fourth-order valence-electron chi connectivity index (χ4n) is 13.3. The van der Waals surface area contributed by atoms with Crippen LogP contribution in [0.25, 0.3) is 0 Å². The molecule has 0 amide bonds. The lowest BCUT2D eigenvalue weighted by atomic mass is 9.47. The van der Waals surface area contributed by atoms with Gasteiger partial charge in [-0.15, -0.1) is 0 Å². The largest absolute Gasteiger partial charge is 0.463 e. The van der Waals surface area contributed by atoms with Crippen LogP contribution >= 0.6 is 0 Å². The number of fused-ring (bicyclic) bond motifs is 5. The molecule has 1 aliphatic heterocycles. The van der Waals surface area contributed by atoms with E-state index >= 15 is 0 Å². The molecule has 0 aromatic heterocycles. The molecule has 4 fully saturated rings. The smallest absolute Gasteiger partial charge is 0.305 e. The number of carbonyl (C=O) groups is 1. The molecule has 336 valence electrons. The van der Waals surface area contributed by atoms with Crippen molar-refractivity contribution in [2.75, 3.05) is 6.61 Å². The molecule has 4 aliphatic carbocycles. The number of aliphatic hydroxyl groups excluding tert-OH is 3. The van der Waals surface area contributed by atoms with Crippen molar-refractivity contribution in [3.05, 3.63) is 11.6 Å². The van der Waals surface area contributed by atoms with Gasteiger partial charge in [-0.3, -0.25) is 4.79 Å². The fourth-order valence-corrected chi connectivity index (χ4v) is 13.3. The van der Waals surface area contributed by atoms with Crippen LogP contribution < -0.4 is 0 Å². The van der Waals surface area contributed by atoms with Crippen LogP contribution in [0.1, 0.15) is 209 Å². The van der Waals surface area contributed by atoms with Crippen molar-refractivity contribution in [3.63, 3.8) is 0 Å². The lowest BCUT2D eigenvalue weighted by molar-refractivity contribution is -0.313. The summed E-state index contributed by atoms with van der Waals surface area (Å²) in [7, 11) is 0. The number of hydrogen-bond acceptors (Lipinski definition) is 7. The number of carbonyl (C=O) groups excluding carboxylic acids is 1. The monoisotopic (exact) mass is 815 g/mol. The van der Waals surface area contributed by atoms with Gasteiger partial charge in [0.25, 0.3) is 0 Å². The third kappa shape index (κ3) is 11.9. The topological polar surface area (TPSA) is 105 Å². The highest BCUT2D eigenvalue weighted by Gasteiger charge is 2.59. The number of rotatable bonds is 24. The van der Waals surface area contributed by atoms with E-state index in [0.29, 0.717) is 17.8 Å². The van der Waals surface area contributed by atoms with E-state index in [1.807, 2.05) is 0 Å². The van der Waals surface area contributed by atoms with Crippen LogP contribution in [-0.4, -0.2) is 64.7 Å². The van der Waals surface area contributed by atoms with Gasteiger partial charge in [0.1, 0.15) is 31.0 Å². The maximum Gasteiger partial charge on any atom is 0.305 e. The maximum atomic E-state index is 12.6. The van der Waals surface area contributed by atoms with Crippen molar-refractivity contribution in [1.82, 2.24) is 0 Å². The second kappa shape index (κ2) is 22.9. The summed E-state index contributed by atoms with van der Waals surface area (Å²) in [5, 5.41) is 32.5. The number of unbranched alkanes of at least 4 members (excludes halogenated alkanes) is 12. The molecular weight excluding hydrogens is 725 g/mol. The number of esters is 1. The minimum Gasteiger partial charge on any atom is -0.463 e. The lowest BCUT2D eigenvalue weighted by Gasteiger charge is -2.58. The first kappa shape index (κ1) is 48.0. The van der Waals surface area contributed by atoms with Crippen molar-refractivity contribution >= 4 is 5.97 Å². The molecule has 0 spiro atoms. The van der Waals surface area contributed by atoms with Gasteiger partial charge in [-0.1, -0.05) is 150 Å². The van der Waals surface area contributed by atoms with Crippen LogP contribution in [0.3, 0.4) is 0 Å². The molecule has 58 heavy (non-hydrogen) atoms. The van der Waals surface area contributed by atoms with E-state index in [-0.39, 0.29) is 24.1 Å². The molecule has 5 aliphatic rings. The number of aliphatic hydroxyl groups is 3. The zero-order valence-corrected chi connectivity index (χ0v) is 38.4. The van der Waals surface area contributed by atoms with Gasteiger partial charge in [0.05, 0.1) is 6.10 Å². The highest BCUT2D eigenvalue weighted by atomic mass is 16.7. The minimum absolute atomic E-state index is 0.139. The normalized spacial score (nSPS) is 37.1. The predicted molar refractivity (Wildman–Crippen MR) is 235 cm³/mol. The summed E-state index contributed by atoms with van der Waals surface area (Å²) >= 11 is 0. The maximum absolute atomic E-state index is 12.6. The Kier molecular flexibility index (Phi) is 19.0. The second-order valence-corrected chi connectivity index (χ2v) is 21.1. The highest BCUT2D eigenvalue weighted by Crippen LogP contribution is 2.67. The van der Waals surface area contributed by atoms with E-state index in [4.69, 9.17) is 14.2 Å². The molecule has 5 rings (SSSR count). The Morgan fingerprint density at radius 2 is 1.45 bits per heavy atom. The zero-order chi connectivity index (χ0) is 41.9. The van der Waals surface area contributed by atoms with Gasteiger partial charge < -0.3 is 29.5 Å². The van der Waals surface area contributed by atoms with Gasteiger partial charge in [-0.25, -0.2) is 0 Å². The first-order chi connectivity index (χ1) is 27.8. The Morgan fingerprint density at radius 1 is 0.793 bits per heavy atom. The number of ether oxygens (including phenoxy) is 3. The summed E-state index contributed by atoms with van der Waals surface area (Å²) in [6.45, 7) is 17.0. The van der Waals surface area contributed by atoms with Crippen molar-refractivity contribution in [3.8, 4) is 0 Å². The first-order valence-electron chi connectivity index (χ1n) is 25.0. The molecule has 1 heterocycles. The Morgan fingerprint density at radius 3 is 2.09 bits per heavy atom. The highest BCUT2D eigenvalue weighted by molar-refractivity contribution is 5.69. The molecule has 3 saturated carbocycles. The Labute approximate surface area is 355 Å². The molecule has 0 radical (unpaired) electrons. The first-order valence-corrected chi connectivity index (χ1v) is 25.0. The van der Waals surface area contributed by atoms with Gasteiger partial charge in [-0.2, -0.15) is 0 Å². The van der Waals surface area contributed by atoms with Crippen molar-refractivity contribution in [1.29, 1.82) is 0 Å². The van der Waals surface area contributed by atoms with E-state index in [2.05, 4.69) is 54.5 Å². The van der Waals surface area contributed by atoms with Gasteiger partial charge in [0.2, 0.25) is 0 Å². The van der Waals surface area contributed by atoms with Gasteiger partial charge in [0, 0.05) is 6.42 Å². The number of allylic oxidation sites excluding steroid dienone is 1. The molecule has 3 N–H and O–H groups in total. The van der Waals surface area contributed by atoms with Crippen LogP contribution in [0.15, 0.2) is 11.6 Å². The van der Waals surface area contributed by atoms with Gasteiger partial charge in [0.15, 0.2) is 6.29 Å². The number of hydrogen-bond donors (Lipinski definition) is 3. The van der Waals surface area contributed by atoms with E-state index in [1.165, 1.54) is 115 Å². The summed E-state index contributed by atoms with van der Waals surface area (Å²) in [4.78, 5) is 12.6. The molecule has 7 nitrogen and oxygen atoms in total. The third-order valence-corrected chi connectivity index (χ3v) is 17.2. The average molecular weight is 815 g/mol. The van der Waals surface area contributed by atoms with E-state index < -0.39 is 30.7 Å². The van der Waals surface area contributed by atoms with Crippen LogP contribution in [0.2, 0.25) is 0 Å². The molecule has 0 bridgehead atoms. The summed E-state index contributed by atoms with van der Waals surface area (Å²) in [6, 6.07) is 0. The molecule has 0 aromatic carbocycles. The second-order valence-electron chi connectivity index (χ2n) is 21.1. The van der Waals surface area contributed by atoms with Crippen molar-refractivity contribution in [2.45, 2.75) is 246 Å². The van der Waals surface area contributed by atoms with Gasteiger partial charge in [-0.05, 0) is 116 Å². The van der Waals surface area contributed by atoms with E-state index in [1.54, 1.807) is 0 Å². The molecule has 0 unspecified atom stereocenters. The van der Waals surface area contributed by atoms with Crippen LogP contribution in [-0.2, 0) is 19.0 Å². The van der Waals surface area contributed by atoms with Crippen molar-refractivity contribution in [2.24, 2.45) is 52.3 Å². The molecule has 7 heteroatoms. The SMILES string of the molecule is CCCCCCCCCCCCCCCC(=O)OC[C@@H]1O[C@H](O[C@H]2CC[C@@]3(C)C(=CC[C@@H]4[C@H]5CC[C@@H]([C@H](C)CC[C@H](CC)C(C)C)[C@@]5(C)CC[C@@H]43)C2)[C@@H](O)[C@H](O)[C@H]1O. The Balaban J connectivity index is 1.04.